The second-order valence-corrected chi connectivity index (χ2v) is 8.68. The molecule has 2 aliphatic rings. The molecule has 6 heteroatoms. The van der Waals surface area contributed by atoms with Gasteiger partial charge in [0.2, 0.25) is 0 Å². The van der Waals surface area contributed by atoms with Crippen LogP contribution in [0.5, 0.6) is 0 Å². The molecule has 1 aliphatic heterocycles. The number of rotatable bonds is 6. The van der Waals surface area contributed by atoms with Crippen molar-refractivity contribution in [2.75, 3.05) is 11.9 Å². The number of benzene rings is 2. The summed E-state index contributed by atoms with van der Waals surface area (Å²) in [7, 11) is -3.64. The number of nitrogens with zero attached hydrogens (tertiary/aromatic N) is 2. The zero-order chi connectivity index (χ0) is 18.1. The first-order valence-corrected chi connectivity index (χ1v) is 10.4. The molecule has 136 valence electrons. The highest BCUT2D eigenvalue weighted by Crippen LogP contribution is 2.36. The molecule has 2 aromatic carbocycles. The van der Waals surface area contributed by atoms with Gasteiger partial charge in [-0.25, -0.2) is 0 Å². The number of hydrogen-bond acceptors (Lipinski definition) is 4. The summed E-state index contributed by atoms with van der Waals surface area (Å²) in [5.41, 5.74) is 1.83. The average Bonchev–Trinajstić information content (AvgIpc) is 3.46. The lowest BCUT2D eigenvalue weighted by Crippen LogP contribution is -2.41. The summed E-state index contributed by atoms with van der Waals surface area (Å²) in [5, 5.41) is 3.21. The smallest absolute Gasteiger partial charge is 0.286 e. The van der Waals surface area contributed by atoms with Crippen LogP contribution < -0.4 is 5.32 Å². The average molecular weight is 369 g/mol. The molecule has 1 aliphatic carbocycles. The standard InChI is InChI=1S/C20H23N3O2S/c1-15(17-11-12-17)23(13-16-7-3-2-4-8-16)14-20-21-18-9-5-6-10-19(18)26(24,25)22-20/h2-10,15,17H,11-14H2,1H3,(H,21,22)/t15-/m1/s1. The van der Waals surface area contributed by atoms with Crippen molar-refractivity contribution < 1.29 is 8.42 Å². The largest absolute Gasteiger partial charge is 0.341 e. The van der Waals surface area contributed by atoms with E-state index in [-0.39, 0.29) is 4.90 Å². The second kappa shape index (κ2) is 6.85. The van der Waals surface area contributed by atoms with Gasteiger partial charge in [0.1, 0.15) is 10.7 Å². The predicted octanol–water partition coefficient (Wildman–Crippen LogP) is 3.50. The number of anilines is 1. The van der Waals surface area contributed by atoms with Crippen LogP contribution >= 0.6 is 0 Å². The van der Waals surface area contributed by atoms with Crippen molar-refractivity contribution >= 4 is 21.5 Å². The molecule has 2 aromatic rings. The van der Waals surface area contributed by atoms with Gasteiger partial charge in [0.25, 0.3) is 10.0 Å². The maximum atomic E-state index is 12.5. The van der Waals surface area contributed by atoms with E-state index in [0.29, 0.717) is 30.0 Å². The van der Waals surface area contributed by atoms with Gasteiger partial charge < -0.3 is 5.32 Å². The van der Waals surface area contributed by atoms with Crippen molar-refractivity contribution in [2.24, 2.45) is 10.3 Å². The molecule has 26 heavy (non-hydrogen) atoms. The van der Waals surface area contributed by atoms with Crippen LogP contribution in [-0.2, 0) is 16.6 Å². The van der Waals surface area contributed by atoms with E-state index in [1.807, 2.05) is 24.3 Å². The van der Waals surface area contributed by atoms with Crippen molar-refractivity contribution in [1.29, 1.82) is 0 Å². The minimum absolute atomic E-state index is 0.244. The molecule has 0 radical (unpaired) electrons. The Labute approximate surface area is 154 Å². The van der Waals surface area contributed by atoms with Crippen molar-refractivity contribution in [2.45, 2.75) is 37.2 Å². The highest BCUT2D eigenvalue weighted by molar-refractivity contribution is 7.90. The summed E-state index contributed by atoms with van der Waals surface area (Å²) in [6, 6.07) is 17.6. The molecule has 1 fully saturated rings. The molecule has 4 rings (SSSR count). The normalized spacial score (nSPS) is 19.4. The van der Waals surface area contributed by atoms with Crippen LogP contribution in [0.4, 0.5) is 5.69 Å². The molecule has 1 N–H and O–H groups in total. The van der Waals surface area contributed by atoms with Gasteiger partial charge in [-0.3, -0.25) is 4.90 Å². The fourth-order valence-corrected chi connectivity index (χ4v) is 4.61. The maximum absolute atomic E-state index is 12.5. The Balaban J connectivity index is 1.59. The minimum Gasteiger partial charge on any atom is -0.341 e. The summed E-state index contributed by atoms with van der Waals surface area (Å²) in [4.78, 5) is 2.57. The molecule has 1 atom stereocenters. The Bertz CT molecular complexity index is 921. The van der Waals surface area contributed by atoms with Crippen LogP contribution in [0, 0.1) is 5.92 Å². The van der Waals surface area contributed by atoms with E-state index >= 15 is 0 Å². The molecule has 0 spiro atoms. The highest BCUT2D eigenvalue weighted by Gasteiger charge is 2.33. The van der Waals surface area contributed by atoms with Crippen molar-refractivity contribution in [3.63, 3.8) is 0 Å². The van der Waals surface area contributed by atoms with E-state index in [9.17, 15) is 8.42 Å². The molecule has 0 bridgehead atoms. The Morgan fingerprint density at radius 3 is 2.50 bits per heavy atom. The van der Waals surface area contributed by atoms with E-state index in [1.165, 1.54) is 18.4 Å². The van der Waals surface area contributed by atoms with E-state index in [4.69, 9.17) is 0 Å². The number of fused-ring (bicyclic) bond motifs is 1. The van der Waals surface area contributed by atoms with Crippen molar-refractivity contribution in [3.05, 3.63) is 60.2 Å². The van der Waals surface area contributed by atoms with Crippen LogP contribution in [0.25, 0.3) is 0 Å². The van der Waals surface area contributed by atoms with Crippen LogP contribution in [-0.4, -0.2) is 31.7 Å². The first-order valence-electron chi connectivity index (χ1n) is 9.01. The van der Waals surface area contributed by atoms with E-state index in [2.05, 4.69) is 33.7 Å². The fraction of sp³-hybridized carbons (Fsp3) is 0.350. The van der Waals surface area contributed by atoms with E-state index in [0.717, 1.165) is 6.54 Å². The lowest BCUT2D eigenvalue weighted by atomic mass is 10.1. The number of sulfonamides is 1. The molecular formula is C20H23N3O2S. The Kier molecular flexibility index (Phi) is 4.54. The molecule has 0 amide bonds. The van der Waals surface area contributed by atoms with Gasteiger partial charge in [-0.05, 0) is 43.4 Å². The van der Waals surface area contributed by atoms with E-state index < -0.39 is 10.0 Å². The van der Waals surface area contributed by atoms with Gasteiger partial charge >= 0.3 is 0 Å². The molecular weight excluding hydrogens is 346 g/mol. The van der Waals surface area contributed by atoms with Gasteiger partial charge in [0.05, 0.1) is 12.2 Å². The third-order valence-corrected chi connectivity index (χ3v) is 6.51. The summed E-state index contributed by atoms with van der Waals surface area (Å²) in [6.07, 6.45) is 2.49. The van der Waals surface area contributed by atoms with Crippen molar-refractivity contribution in [1.82, 2.24) is 4.90 Å². The van der Waals surface area contributed by atoms with Gasteiger partial charge in [-0.2, -0.15) is 8.42 Å². The van der Waals surface area contributed by atoms with Gasteiger partial charge in [-0.1, -0.05) is 42.5 Å². The second-order valence-electron chi connectivity index (χ2n) is 7.10. The van der Waals surface area contributed by atoms with Gasteiger partial charge in [-0.15, -0.1) is 4.40 Å². The van der Waals surface area contributed by atoms with Crippen LogP contribution in [0.1, 0.15) is 25.3 Å². The lowest BCUT2D eigenvalue weighted by molar-refractivity contribution is 0.208. The minimum atomic E-state index is -3.64. The monoisotopic (exact) mass is 369 g/mol. The highest BCUT2D eigenvalue weighted by atomic mass is 32.2. The van der Waals surface area contributed by atoms with Crippen LogP contribution in [0.2, 0.25) is 0 Å². The first kappa shape index (κ1) is 17.2. The molecule has 5 nitrogen and oxygen atoms in total. The number of amidine groups is 1. The zero-order valence-electron chi connectivity index (χ0n) is 14.8. The SMILES string of the molecule is C[C@H](C1CC1)N(CC1=NS(=O)(=O)c2ccccc2N1)Cc1ccccc1. The maximum Gasteiger partial charge on any atom is 0.286 e. The Morgan fingerprint density at radius 1 is 1.08 bits per heavy atom. The quantitative estimate of drug-likeness (QED) is 0.847. The third-order valence-electron chi connectivity index (χ3n) is 5.14. The van der Waals surface area contributed by atoms with Crippen molar-refractivity contribution in [3.8, 4) is 0 Å². The predicted molar refractivity (Wildman–Crippen MR) is 104 cm³/mol. The molecule has 1 saturated carbocycles. The molecule has 0 aromatic heterocycles. The summed E-state index contributed by atoms with van der Waals surface area (Å²) in [6.45, 7) is 3.49. The molecule has 1 heterocycles. The Morgan fingerprint density at radius 2 is 1.77 bits per heavy atom. The molecule has 0 saturated heterocycles. The van der Waals surface area contributed by atoms with Crippen LogP contribution in [0.15, 0.2) is 63.9 Å². The summed E-state index contributed by atoms with van der Waals surface area (Å²) >= 11 is 0. The molecule has 0 unspecified atom stereocenters. The summed E-state index contributed by atoms with van der Waals surface area (Å²) < 4.78 is 29.0. The topological polar surface area (TPSA) is 61.8 Å². The lowest BCUT2D eigenvalue weighted by Gasteiger charge is -2.31. The first-order chi connectivity index (χ1) is 12.5. The third kappa shape index (κ3) is 3.66. The number of para-hydroxylation sites is 1. The number of hydrogen-bond donors (Lipinski definition) is 1. The fourth-order valence-electron chi connectivity index (χ4n) is 3.47. The zero-order valence-corrected chi connectivity index (χ0v) is 15.6. The van der Waals surface area contributed by atoms with Crippen LogP contribution in [0.3, 0.4) is 0 Å². The van der Waals surface area contributed by atoms with E-state index in [1.54, 1.807) is 18.2 Å². The van der Waals surface area contributed by atoms with Gasteiger partial charge in [0, 0.05) is 12.6 Å². The Hall–Kier alpha value is -2.18. The van der Waals surface area contributed by atoms with Gasteiger partial charge in [0.15, 0.2) is 0 Å². The summed E-state index contributed by atoms with van der Waals surface area (Å²) in [5.74, 6) is 1.18. The number of nitrogens with one attached hydrogen (secondary N) is 1.